The van der Waals surface area contributed by atoms with Crippen LogP contribution in [0.25, 0.3) is 5.57 Å². The quantitative estimate of drug-likeness (QED) is 0.418. The average molecular weight is 384 g/mol. The predicted octanol–water partition coefficient (Wildman–Crippen LogP) is 5.64. The first-order chi connectivity index (χ1) is 14.8. The van der Waals surface area contributed by atoms with E-state index < -0.39 is 0 Å². The van der Waals surface area contributed by atoms with Gasteiger partial charge in [-0.1, -0.05) is 60.7 Å². The van der Waals surface area contributed by atoms with Crippen LogP contribution in [0.15, 0.2) is 127 Å². The molecule has 0 N–H and O–H groups in total. The van der Waals surface area contributed by atoms with Gasteiger partial charge in [0.15, 0.2) is 0 Å². The van der Waals surface area contributed by atoms with Gasteiger partial charge in [0.25, 0.3) is 0 Å². The van der Waals surface area contributed by atoms with Crippen molar-refractivity contribution in [2.45, 2.75) is 0 Å². The van der Waals surface area contributed by atoms with Gasteiger partial charge in [0, 0.05) is 0 Å². The number of benzene rings is 4. The van der Waals surface area contributed by atoms with E-state index in [9.17, 15) is 5.11 Å². The third-order valence-corrected chi connectivity index (χ3v) is 5.45. The highest BCUT2D eigenvalue weighted by atomic mass is 16.3. The maximum absolute atomic E-state index is 14.0. The van der Waals surface area contributed by atoms with Crippen LogP contribution in [0.2, 0.25) is 0 Å². The van der Waals surface area contributed by atoms with Crippen molar-refractivity contribution >= 4 is 5.57 Å². The van der Waals surface area contributed by atoms with Crippen molar-refractivity contribution in [2.24, 2.45) is 0 Å². The summed E-state index contributed by atoms with van der Waals surface area (Å²) in [5.41, 5.74) is 4.75. The van der Waals surface area contributed by atoms with Gasteiger partial charge < -0.3 is 5.11 Å². The lowest BCUT2D eigenvalue weighted by Crippen LogP contribution is -2.19. The van der Waals surface area contributed by atoms with E-state index >= 15 is 0 Å². The monoisotopic (exact) mass is 384 g/mol. The standard InChI is InChI=1S/C29H21O/c30-29-27(23-17-9-3-10-18-23)25(21-13-5-1-6-14-21)26(22-15-7-2-8-16-22)28(29)24-19-11-4-12-20-24/h1-20,30H/q-3/p-1. The third-order valence-electron chi connectivity index (χ3n) is 5.45. The zero-order valence-electron chi connectivity index (χ0n) is 16.5. The summed E-state index contributed by atoms with van der Waals surface area (Å²) < 4.78 is 0. The molecule has 4 aromatic rings. The van der Waals surface area contributed by atoms with Gasteiger partial charge in [-0.3, -0.25) is 5.76 Å². The molecule has 0 amide bonds. The molecule has 4 aromatic carbocycles. The zero-order chi connectivity index (χ0) is 20.3. The summed E-state index contributed by atoms with van der Waals surface area (Å²) >= 11 is 0. The molecule has 1 aliphatic rings. The van der Waals surface area contributed by atoms with Gasteiger partial charge in [0.2, 0.25) is 0 Å². The van der Waals surface area contributed by atoms with Gasteiger partial charge in [-0.25, -0.2) is 17.4 Å². The van der Waals surface area contributed by atoms with E-state index in [2.05, 4.69) is 24.3 Å². The fourth-order valence-corrected chi connectivity index (χ4v) is 4.15. The van der Waals surface area contributed by atoms with E-state index in [1.54, 1.807) is 0 Å². The predicted molar refractivity (Wildman–Crippen MR) is 120 cm³/mol. The Labute approximate surface area is 178 Å². The summed E-state index contributed by atoms with van der Waals surface area (Å²) in [5.74, 6) is 2.83. The van der Waals surface area contributed by atoms with Crippen LogP contribution in [0, 0.1) is 17.8 Å². The minimum Gasteiger partial charge on any atom is -0.920 e. The summed E-state index contributed by atoms with van der Waals surface area (Å²) in [6.07, 6.45) is 0. The van der Waals surface area contributed by atoms with E-state index in [4.69, 9.17) is 0 Å². The number of allylic oxidation sites excluding steroid dienone is 2. The molecular formula is C29H20O-4. The van der Waals surface area contributed by atoms with Crippen LogP contribution in [0.1, 0.15) is 22.3 Å². The van der Waals surface area contributed by atoms with Crippen molar-refractivity contribution in [3.8, 4) is 0 Å². The summed E-state index contributed by atoms with van der Waals surface area (Å²) in [5, 5.41) is 14.0. The molecule has 0 aromatic heterocycles. The Morgan fingerprint density at radius 2 is 0.833 bits per heavy atom. The number of rotatable bonds is 4. The second-order valence-electron chi connectivity index (χ2n) is 7.29. The van der Waals surface area contributed by atoms with E-state index in [1.165, 1.54) is 0 Å². The third kappa shape index (κ3) is 3.11. The molecule has 146 valence electrons. The Hall–Kier alpha value is -3.97. The molecule has 30 heavy (non-hydrogen) atoms. The van der Waals surface area contributed by atoms with E-state index in [0.29, 0.717) is 0 Å². The van der Waals surface area contributed by atoms with E-state index in [1.807, 2.05) is 97.1 Å². The maximum Gasteiger partial charge on any atom is -0.0636 e. The zero-order valence-corrected chi connectivity index (χ0v) is 16.5. The van der Waals surface area contributed by atoms with Crippen molar-refractivity contribution in [3.05, 3.63) is 167 Å². The van der Waals surface area contributed by atoms with Crippen LogP contribution >= 0.6 is 0 Å². The molecule has 0 saturated heterocycles. The molecule has 0 fully saturated rings. The maximum atomic E-state index is 14.0. The highest BCUT2D eigenvalue weighted by Crippen LogP contribution is 2.56. The highest BCUT2D eigenvalue weighted by molar-refractivity contribution is 5.96. The van der Waals surface area contributed by atoms with Gasteiger partial charge in [-0.05, 0) is 0 Å². The van der Waals surface area contributed by atoms with Crippen LogP contribution in [0.4, 0.5) is 0 Å². The smallest absolute Gasteiger partial charge is 0.0636 e. The van der Waals surface area contributed by atoms with Crippen molar-refractivity contribution < 1.29 is 5.11 Å². The average Bonchev–Trinajstić information content (AvgIpc) is 3.14. The fourth-order valence-electron chi connectivity index (χ4n) is 4.15. The molecule has 1 aliphatic carbocycles. The van der Waals surface area contributed by atoms with Crippen molar-refractivity contribution in [3.63, 3.8) is 0 Å². The van der Waals surface area contributed by atoms with E-state index in [0.717, 1.165) is 45.6 Å². The molecule has 0 unspecified atom stereocenters. The Morgan fingerprint density at radius 1 is 0.433 bits per heavy atom. The minimum absolute atomic E-state index is 0.0742. The minimum atomic E-state index is 0.0742. The summed E-state index contributed by atoms with van der Waals surface area (Å²) in [6, 6.07) is 40.5. The number of hydrogen-bond donors (Lipinski definition) is 0. The highest BCUT2D eigenvalue weighted by Gasteiger charge is 2.24. The first kappa shape index (κ1) is 18.1. The second kappa shape index (κ2) is 7.81. The molecular weight excluding hydrogens is 364 g/mol. The Morgan fingerprint density at radius 3 is 1.33 bits per heavy atom. The molecule has 0 radical (unpaired) electrons. The van der Waals surface area contributed by atoms with Gasteiger partial charge in [0.1, 0.15) is 0 Å². The molecule has 0 spiro atoms. The first-order valence-corrected chi connectivity index (χ1v) is 10.1. The van der Waals surface area contributed by atoms with Crippen molar-refractivity contribution in [1.29, 1.82) is 0 Å². The summed E-state index contributed by atoms with van der Waals surface area (Å²) in [6.45, 7) is 0. The molecule has 0 saturated carbocycles. The van der Waals surface area contributed by atoms with Gasteiger partial charge in [0.05, 0.1) is 0 Å². The molecule has 5 rings (SSSR count). The topological polar surface area (TPSA) is 23.1 Å². The fraction of sp³-hybridized carbons (Fsp3) is 0. The van der Waals surface area contributed by atoms with Gasteiger partial charge >= 0.3 is 0 Å². The number of hydrogen-bond acceptors (Lipinski definition) is 1. The van der Waals surface area contributed by atoms with Crippen molar-refractivity contribution in [1.82, 2.24) is 0 Å². The Kier molecular flexibility index (Phi) is 4.71. The van der Waals surface area contributed by atoms with Crippen LogP contribution in [0.3, 0.4) is 0 Å². The molecule has 0 aliphatic heterocycles. The SMILES string of the molecule is [O-]C1=C(c2ccccc2)[C-](c2ccccc2)[C-](c2ccccc2)[C-]1c1ccccc1. The largest absolute Gasteiger partial charge is 0.920 e. The molecule has 0 bridgehead atoms. The van der Waals surface area contributed by atoms with Gasteiger partial charge in [-0.2, -0.15) is 29.2 Å². The summed E-state index contributed by atoms with van der Waals surface area (Å²) in [7, 11) is 0. The van der Waals surface area contributed by atoms with Crippen molar-refractivity contribution in [2.75, 3.05) is 0 Å². The van der Waals surface area contributed by atoms with E-state index in [-0.39, 0.29) is 5.76 Å². The second-order valence-corrected chi connectivity index (χ2v) is 7.29. The first-order valence-electron chi connectivity index (χ1n) is 10.1. The molecule has 0 heterocycles. The Balaban J connectivity index is 1.78. The molecule has 0 atom stereocenters. The normalized spacial score (nSPS) is 13.8. The summed E-state index contributed by atoms with van der Waals surface area (Å²) in [4.78, 5) is 0. The lowest BCUT2D eigenvalue weighted by Gasteiger charge is -2.47. The lowest BCUT2D eigenvalue weighted by atomic mass is 9.74. The molecule has 1 heteroatoms. The van der Waals surface area contributed by atoms with Crippen LogP contribution in [-0.2, 0) is 0 Å². The Bertz CT molecular complexity index is 1130. The van der Waals surface area contributed by atoms with Crippen LogP contribution in [-0.4, -0.2) is 0 Å². The van der Waals surface area contributed by atoms with Crippen LogP contribution < -0.4 is 5.11 Å². The lowest BCUT2D eigenvalue weighted by molar-refractivity contribution is -0.298. The molecule has 1 nitrogen and oxygen atoms in total. The van der Waals surface area contributed by atoms with Crippen LogP contribution in [0.5, 0.6) is 0 Å². The van der Waals surface area contributed by atoms with Gasteiger partial charge in [-0.15, -0.1) is 59.7 Å².